The number of carboxylic acids is 1. The summed E-state index contributed by atoms with van der Waals surface area (Å²) in [7, 11) is 0.994. The molecule has 0 aromatic rings. The van der Waals surface area contributed by atoms with Crippen LogP contribution in [0.5, 0.6) is 0 Å². The van der Waals surface area contributed by atoms with Crippen molar-refractivity contribution in [1.82, 2.24) is 16.0 Å². The Morgan fingerprint density at radius 3 is 1.59 bits per heavy atom. The van der Waals surface area contributed by atoms with Crippen LogP contribution in [-0.2, 0) is 61.9 Å². The van der Waals surface area contributed by atoms with Gasteiger partial charge in [0.05, 0.1) is 44.5 Å². The van der Waals surface area contributed by atoms with E-state index in [2.05, 4.69) is 10.6 Å². The fourth-order valence-corrected chi connectivity index (χ4v) is 7.68. The first-order chi connectivity index (χ1) is 30.5. The van der Waals surface area contributed by atoms with Crippen molar-refractivity contribution < 1.29 is 158 Å². The summed E-state index contributed by atoms with van der Waals surface area (Å²) >= 11 is 0. The minimum atomic E-state index is -2.40. The summed E-state index contributed by atoms with van der Waals surface area (Å²) < 4.78 is 44.7. The number of aliphatic carboxylic acids is 1. The van der Waals surface area contributed by atoms with E-state index in [1.54, 1.807) is 0 Å². The normalized spacial score (nSPS) is 40.7. The van der Waals surface area contributed by atoms with Gasteiger partial charge in [-0.25, -0.2) is 0 Å². The van der Waals surface area contributed by atoms with Crippen LogP contribution in [0.1, 0.15) is 20.8 Å². The van der Waals surface area contributed by atoms with Gasteiger partial charge in [-0.05, 0) is 6.92 Å². The second-order valence-electron chi connectivity index (χ2n) is 15.7. The summed E-state index contributed by atoms with van der Waals surface area (Å²) in [5, 5.41) is 145. The minimum Gasteiger partial charge on any atom is -0.547 e. The molecule has 29 nitrogen and oxygen atoms in total. The second-order valence-corrected chi connectivity index (χ2v) is 15.7. The maximum atomic E-state index is 13.3. The molecule has 15 N–H and O–H groups in total. The van der Waals surface area contributed by atoms with Crippen molar-refractivity contribution in [2.75, 3.05) is 33.5 Å². The number of carboxylic acid groups (broad SMARTS) is 1. The van der Waals surface area contributed by atoms with Gasteiger partial charge in [0.15, 0.2) is 30.8 Å². The Morgan fingerprint density at radius 1 is 0.636 bits per heavy atom. The van der Waals surface area contributed by atoms with Gasteiger partial charge in [0.1, 0.15) is 104 Å². The van der Waals surface area contributed by atoms with E-state index >= 15 is 0 Å². The predicted molar refractivity (Wildman–Crippen MR) is 199 cm³/mol. The van der Waals surface area contributed by atoms with Gasteiger partial charge in [0, 0.05) is 21.0 Å². The molecule has 30 heteroatoms. The van der Waals surface area contributed by atoms with E-state index in [1.807, 2.05) is 5.32 Å². The molecule has 374 valence electrons. The zero-order chi connectivity index (χ0) is 48.8. The molecular formula is C36H58N3NaO26. The molecule has 0 spiro atoms. The van der Waals surface area contributed by atoms with Crippen LogP contribution in [0.3, 0.4) is 0 Å². The van der Waals surface area contributed by atoms with Crippen molar-refractivity contribution in [3.8, 4) is 0 Å². The molecule has 3 amide bonds. The summed E-state index contributed by atoms with van der Waals surface area (Å²) in [5.41, 5.74) is 0. The van der Waals surface area contributed by atoms with Gasteiger partial charge in [0.25, 0.3) is 5.91 Å². The Bertz CT molecular complexity index is 1620. The van der Waals surface area contributed by atoms with Crippen molar-refractivity contribution in [3.63, 3.8) is 0 Å². The fourth-order valence-electron chi connectivity index (χ4n) is 7.68. The number of aliphatic hydroxyl groups excluding tert-OH is 12. The summed E-state index contributed by atoms with van der Waals surface area (Å²) in [6, 6.07) is -3.05. The molecule has 66 heavy (non-hydrogen) atoms. The number of nitrogens with one attached hydrogen (secondary N) is 3. The number of carbonyl (C=O) groups is 5. The van der Waals surface area contributed by atoms with Gasteiger partial charge in [-0.15, -0.1) is 0 Å². The molecule has 4 aliphatic heterocycles. The molecule has 0 radical (unpaired) electrons. The Hall–Kier alpha value is -2.25. The Morgan fingerprint density at radius 2 is 1.11 bits per heavy atom. The number of aliphatic hydroxyl groups is 12. The molecule has 8 unspecified atom stereocenters. The smallest absolute Gasteiger partial charge is 0.547 e. The maximum Gasteiger partial charge on any atom is 1.00 e. The van der Waals surface area contributed by atoms with Gasteiger partial charge in [0.2, 0.25) is 11.8 Å². The van der Waals surface area contributed by atoms with Crippen LogP contribution in [0, 0.1) is 0 Å². The van der Waals surface area contributed by atoms with Gasteiger partial charge < -0.3 is 125 Å². The second kappa shape index (κ2) is 25.6. The van der Waals surface area contributed by atoms with E-state index in [9.17, 15) is 85.3 Å². The summed E-state index contributed by atoms with van der Waals surface area (Å²) in [6.45, 7) is -0.331. The monoisotopic (exact) mass is 971 g/mol. The molecule has 0 aliphatic carbocycles. The fraction of sp³-hybridized carbons (Fsp3) is 0.861. The Kier molecular flexibility index (Phi) is 22.5. The van der Waals surface area contributed by atoms with Crippen LogP contribution >= 0.6 is 0 Å². The Balaban J connectivity index is 0.0000116. The first-order valence-electron chi connectivity index (χ1n) is 20.1. The molecular weight excluding hydrogens is 913 g/mol. The number of Topliss-reactive ketones (excluding diaryl/α,β-unsaturated/α-hetero) is 1. The van der Waals surface area contributed by atoms with Crippen molar-refractivity contribution in [2.24, 2.45) is 0 Å². The summed E-state index contributed by atoms with van der Waals surface area (Å²) in [6.07, 6.45) is -41.2. The molecule has 0 aromatic carbocycles. The van der Waals surface area contributed by atoms with Crippen LogP contribution in [0.2, 0.25) is 0 Å². The van der Waals surface area contributed by atoms with Crippen LogP contribution in [0.25, 0.3) is 0 Å². The number of hydrogen-bond donors (Lipinski definition) is 15. The zero-order valence-corrected chi connectivity index (χ0v) is 38.2. The first kappa shape index (κ1) is 58.1. The van der Waals surface area contributed by atoms with Crippen LogP contribution in [-0.4, -0.2) is 265 Å². The third kappa shape index (κ3) is 13.3. The van der Waals surface area contributed by atoms with Crippen molar-refractivity contribution in [1.29, 1.82) is 0 Å². The van der Waals surface area contributed by atoms with E-state index in [4.69, 9.17) is 43.0 Å². The quantitative estimate of drug-likeness (QED) is 0.0534. The number of amides is 3. The topological polar surface area (TPSA) is 461 Å². The third-order valence-corrected chi connectivity index (χ3v) is 11.1. The molecule has 23 atom stereocenters. The third-order valence-electron chi connectivity index (χ3n) is 11.1. The van der Waals surface area contributed by atoms with E-state index in [-0.39, 0.29) is 29.6 Å². The predicted octanol–water partition coefficient (Wildman–Crippen LogP) is -15.2. The van der Waals surface area contributed by atoms with E-state index in [0.717, 1.165) is 21.0 Å². The largest absolute Gasteiger partial charge is 1.00 e. The first-order valence-corrected chi connectivity index (χ1v) is 20.1. The molecule has 0 aromatic heterocycles. The van der Waals surface area contributed by atoms with Crippen LogP contribution in [0.15, 0.2) is 0 Å². The van der Waals surface area contributed by atoms with Crippen LogP contribution in [0.4, 0.5) is 0 Å². The number of methoxy groups -OCH3 is 1. The molecule has 4 rings (SSSR count). The average Bonchev–Trinajstić information content (AvgIpc) is 3.26. The van der Waals surface area contributed by atoms with Gasteiger partial charge >= 0.3 is 29.6 Å². The maximum absolute atomic E-state index is 13.3. The molecule has 0 bridgehead atoms. The standard InChI is InChI=1S/C36H59N3O26.Na/c1-9-16(38-10(2)43)26(20(49)14(7-41)59-9)61-36-25(54)23(52)29(31(65-36)33(56)57)63-34-17(39-11(3)44)27(21(50)15(8-42)60-34)62-35-24(53)22(51)28(58-4)30(64-35)32(55)37-5-12(45)18(47)19(48)13(46)6-40;/h9,13-31,34-36,40-42,46-54H,5-8H2,1-4H3,(H,37,55)(H,38,43)(H,39,44)(H,56,57);/q;+1/p-1/t9-,13+,14?,15?,16?,17?,18+,19+,20+,21+,22?,23?,24?,25?,26+,27+,28-,29-,30+,31+,34-,35+,36+;/m0./s1. The van der Waals surface area contributed by atoms with Gasteiger partial charge in [-0.3, -0.25) is 19.2 Å². The van der Waals surface area contributed by atoms with Gasteiger partial charge in [-0.2, -0.15) is 0 Å². The van der Waals surface area contributed by atoms with E-state index < -0.39 is 197 Å². The molecule has 4 aliphatic rings. The SMILES string of the molecule is CO[C@H]1C(O)C(O)[C@H](O[C@@H]2C(NC(C)=O)[C@H](O[C@H]3C(O)C(O)[C@H](O[C@@H]4C(NC(C)=O)[C@H](C)OC(CO)[C@H]4O)O[C@H]3C(=O)[O-])OC(CO)[C@H]2O)O[C@H]1C(=O)NCC(=O)[C@@H](O)[C@H](O)[C@H](O)CO.[Na+]. The molecule has 0 saturated carbocycles. The average molecular weight is 972 g/mol. The van der Waals surface area contributed by atoms with Crippen molar-refractivity contribution in [2.45, 2.75) is 162 Å². The summed E-state index contributed by atoms with van der Waals surface area (Å²) in [5.74, 6) is -6.15. The molecule has 4 saturated heterocycles. The zero-order valence-electron chi connectivity index (χ0n) is 36.2. The number of carbonyl (C=O) groups excluding carboxylic acids is 5. The number of ether oxygens (including phenoxy) is 8. The van der Waals surface area contributed by atoms with Crippen LogP contribution < -0.4 is 50.6 Å². The number of rotatable bonds is 19. The summed E-state index contributed by atoms with van der Waals surface area (Å²) in [4.78, 5) is 62.9. The van der Waals surface area contributed by atoms with Crippen molar-refractivity contribution >= 4 is 29.5 Å². The minimum absolute atomic E-state index is 0. The number of hydrogen-bond acceptors (Lipinski definition) is 26. The van der Waals surface area contributed by atoms with Crippen molar-refractivity contribution in [3.05, 3.63) is 0 Å². The molecule has 4 heterocycles. The van der Waals surface area contributed by atoms with E-state index in [0.29, 0.717) is 0 Å². The Labute approximate surface area is 397 Å². The van der Waals surface area contributed by atoms with Gasteiger partial charge in [-0.1, -0.05) is 0 Å². The molecule has 4 fully saturated rings. The number of ketones is 1. The van der Waals surface area contributed by atoms with E-state index in [1.165, 1.54) is 6.92 Å².